The lowest BCUT2D eigenvalue weighted by atomic mass is 9.87. The first kappa shape index (κ1) is 10.5. The van der Waals surface area contributed by atoms with Gasteiger partial charge in [0.15, 0.2) is 0 Å². The van der Waals surface area contributed by atoms with E-state index in [1.165, 1.54) is 10.4 Å². The fourth-order valence-corrected chi connectivity index (χ4v) is 3.42. The highest BCUT2D eigenvalue weighted by Gasteiger charge is 2.24. The summed E-state index contributed by atoms with van der Waals surface area (Å²) >= 11 is 1.72. The third-order valence-electron chi connectivity index (χ3n) is 3.04. The van der Waals surface area contributed by atoms with E-state index in [0.717, 1.165) is 36.4 Å². The molecule has 1 aliphatic carbocycles. The number of nitrogens with one attached hydrogen (secondary N) is 1. The van der Waals surface area contributed by atoms with E-state index in [2.05, 4.69) is 11.4 Å². The van der Waals surface area contributed by atoms with E-state index in [0.29, 0.717) is 5.92 Å². The molecule has 0 fully saturated rings. The zero-order valence-electron chi connectivity index (χ0n) is 8.84. The van der Waals surface area contributed by atoms with Gasteiger partial charge in [-0.15, -0.1) is 11.3 Å². The maximum absolute atomic E-state index is 9.11. The Kier molecular flexibility index (Phi) is 2.94. The second-order valence-electron chi connectivity index (χ2n) is 3.91. The van der Waals surface area contributed by atoms with Gasteiger partial charge in [0, 0.05) is 11.9 Å². The van der Waals surface area contributed by atoms with Gasteiger partial charge in [-0.05, 0) is 37.3 Å². The van der Waals surface area contributed by atoms with Gasteiger partial charge in [0.25, 0.3) is 0 Å². The van der Waals surface area contributed by atoms with Crippen molar-refractivity contribution in [2.45, 2.75) is 19.3 Å². The molecule has 0 spiro atoms. The molecule has 1 aliphatic rings. The minimum atomic E-state index is 0.604. The summed E-state index contributed by atoms with van der Waals surface area (Å²) in [6, 6.07) is 2.30. The van der Waals surface area contributed by atoms with Crippen LogP contribution in [0.25, 0.3) is 0 Å². The van der Waals surface area contributed by atoms with Crippen molar-refractivity contribution in [1.82, 2.24) is 0 Å². The number of anilines is 1. The molecule has 1 unspecified atom stereocenters. The lowest BCUT2D eigenvalue weighted by molar-refractivity contribution is 0.474. The molecule has 15 heavy (non-hydrogen) atoms. The van der Waals surface area contributed by atoms with Gasteiger partial charge in [0.2, 0.25) is 0 Å². The smallest absolute Gasteiger partial charge is 0.107 e. The SMILES string of the molecule is CNc1sc2c(c1C#N)CCC(CN)C2. The summed E-state index contributed by atoms with van der Waals surface area (Å²) in [4.78, 5) is 1.36. The van der Waals surface area contributed by atoms with Crippen LogP contribution in [0.3, 0.4) is 0 Å². The molecule has 0 bridgehead atoms. The lowest BCUT2D eigenvalue weighted by Gasteiger charge is -2.20. The molecule has 1 heterocycles. The van der Waals surface area contributed by atoms with Gasteiger partial charge in [0.05, 0.1) is 5.56 Å². The van der Waals surface area contributed by atoms with E-state index in [1.54, 1.807) is 11.3 Å². The van der Waals surface area contributed by atoms with Crippen molar-refractivity contribution < 1.29 is 0 Å². The van der Waals surface area contributed by atoms with Crippen molar-refractivity contribution in [3.8, 4) is 6.07 Å². The van der Waals surface area contributed by atoms with Gasteiger partial charge in [-0.2, -0.15) is 5.26 Å². The first-order chi connectivity index (χ1) is 7.30. The topological polar surface area (TPSA) is 61.8 Å². The highest BCUT2D eigenvalue weighted by atomic mass is 32.1. The number of nitrogens with two attached hydrogens (primary N) is 1. The van der Waals surface area contributed by atoms with Gasteiger partial charge in [-0.25, -0.2) is 0 Å². The van der Waals surface area contributed by atoms with Crippen molar-refractivity contribution in [3.63, 3.8) is 0 Å². The van der Waals surface area contributed by atoms with E-state index in [1.807, 2.05) is 7.05 Å². The van der Waals surface area contributed by atoms with Crippen LogP contribution in [0, 0.1) is 17.2 Å². The van der Waals surface area contributed by atoms with Crippen LogP contribution < -0.4 is 11.1 Å². The van der Waals surface area contributed by atoms with Crippen molar-refractivity contribution in [3.05, 3.63) is 16.0 Å². The molecule has 0 aromatic carbocycles. The number of fused-ring (bicyclic) bond motifs is 1. The summed E-state index contributed by atoms with van der Waals surface area (Å²) < 4.78 is 0. The number of nitrogens with zero attached hydrogens (tertiary/aromatic N) is 1. The van der Waals surface area contributed by atoms with Crippen molar-refractivity contribution >= 4 is 16.3 Å². The standard InChI is InChI=1S/C11H15N3S/c1-14-11-9(6-13)8-3-2-7(5-12)4-10(8)15-11/h7,14H,2-5,12H2,1H3. The first-order valence-corrected chi connectivity index (χ1v) is 6.04. The van der Waals surface area contributed by atoms with Gasteiger partial charge in [-0.1, -0.05) is 0 Å². The van der Waals surface area contributed by atoms with Crippen LogP contribution in [-0.4, -0.2) is 13.6 Å². The van der Waals surface area contributed by atoms with Crippen LogP contribution >= 0.6 is 11.3 Å². The summed E-state index contributed by atoms with van der Waals surface area (Å²) in [7, 11) is 1.87. The normalized spacial score (nSPS) is 19.4. The third kappa shape index (κ3) is 1.73. The molecule has 0 saturated carbocycles. The Hall–Kier alpha value is -1.05. The molecular formula is C11H15N3S. The molecule has 0 saturated heterocycles. The average Bonchev–Trinajstić information content (AvgIpc) is 2.65. The van der Waals surface area contributed by atoms with Crippen LogP contribution in [-0.2, 0) is 12.8 Å². The molecule has 0 radical (unpaired) electrons. The Balaban J connectivity index is 2.38. The quantitative estimate of drug-likeness (QED) is 0.799. The highest BCUT2D eigenvalue weighted by Crippen LogP contribution is 2.38. The van der Waals surface area contributed by atoms with Crippen LogP contribution in [0.15, 0.2) is 0 Å². The van der Waals surface area contributed by atoms with Gasteiger partial charge >= 0.3 is 0 Å². The van der Waals surface area contributed by atoms with Gasteiger partial charge in [0.1, 0.15) is 11.1 Å². The number of hydrogen-bond acceptors (Lipinski definition) is 4. The first-order valence-electron chi connectivity index (χ1n) is 5.22. The molecule has 80 valence electrons. The molecule has 1 aromatic heterocycles. The van der Waals surface area contributed by atoms with Crippen molar-refractivity contribution in [1.29, 1.82) is 5.26 Å². The maximum atomic E-state index is 9.11. The number of hydrogen-bond donors (Lipinski definition) is 2. The van der Waals surface area contributed by atoms with Crippen LogP contribution in [0.5, 0.6) is 0 Å². The summed E-state index contributed by atoms with van der Waals surface area (Å²) in [5.74, 6) is 0.604. The predicted molar refractivity (Wildman–Crippen MR) is 63.2 cm³/mol. The van der Waals surface area contributed by atoms with Crippen molar-refractivity contribution in [2.75, 3.05) is 18.9 Å². The predicted octanol–water partition coefficient (Wildman–Crippen LogP) is 1.73. The van der Waals surface area contributed by atoms with Crippen LogP contribution in [0.2, 0.25) is 0 Å². The summed E-state index contributed by atoms with van der Waals surface area (Å²) in [6.07, 6.45) is 3.18. The monoisotopic (exact) mass is 221 g/mol. The zero-order chi connectivity index (χ0) is 10.8. The summed E-state index contributed by atoms with van der Waals surface area (Å²) in [5.41, 5.74) is 7.81. The molecule has 3 N–H and O–H groups in total. The van der Waals surface area contributed by atoms with Crippen LogP contribution in [0.1, 0.15) is 22.4 Å². The molecule has 2 rings (SSSR count). The van der Waals surface area contributed by atoms with E-state index >= 15 is 0 Å². The minimum absolute atomic E-state index is 0.604. The Morgan fingerprint density at radius 2 is 2.47 bits per heavy atom. The second kappa shape index (κ2) is 4.21. The second-order valence-corrected chi connectivity index (χ2v) is 5.02. The van der Waals surface area contributed by atoms with Gasteiger partial charge in [-0.3, -0.25) is 0 Å². The number of thiophene rings is 1. The van der Waals surface area contributed by atoms with Gasteiger partial charge < -0.3 is 11.1 Å². The molecule has 1 atom stereocenters. The molecule has 0 amide bonds. The molecule has 4 heteroatoms. The highest BCUT2D eigenvalue weighted by molar-refractivity contribution is 7.16. The summed E-state index contributed by atoms with van der Waals surface area (Å²) in [6.45, 7) is 0.758. The molecule has 1 aromatic rings. The molecule has 3 nitrogen and oxygen atoms in total. The molecule has 0 aliphatic heterocycles. The molecular weight excluding hydrogens is 206 g/mol. The zero-order valence-corrected chi connectivity index (χ0v) is 9.66. The van der Waals surface area contributed by atoms with Crippen molar-refractivity contribution in [2.24, 2.45) is 11.7 Å². The maximum Gasteiger partial charge on any atom is 0.107 e. The Labute approximate surface area is 93.9 Å². The number of rotatable bonds is 2. The summed E-state index contributed by atoms with van der Waals surface area (Å²) in [5, 5.41) is 13.2. The Morgan fingerprint density at radius 3 is 3.07 bits per heavy atom. The fraction of sp³-hybridized carbons (Fsp3) is 0.545. The van der Waals surface area contributed by atoms with E-state index < -0.39 is 0 Å². The average molecular weight is 221 g/mol. The largest absolute Gasteiger partial charge is 0.379 e. The Bertz CT molecular complexity index is 403. The van der Waals surface area contributed by atoms with E-state index in [4.69, 9.17) is 11.0 Å². The van der Waals surface area contributed by atoms with Crippen LogP contribution in [0.4, 0.5) is 5.00 Å². The third-order valence-corrected chi connectivity index (χ3v) is 4.31. The minimum Gasteiger partial charge on any atom is -0.379 e. The van der Waals surface area contributed by atoms with E-state index in [-0.39, 0.29) is 0 Å². The lowest BCUT2D eigenvalue weighted by Crippen LogP contribution is -2.21. The number of nitriles is 1. The fourth-order valence-electron chi connectivity index (χ4n) is 2.15. The van der Waals surface area contributed by atoms with E-state index in [9.17, 15) is 0 Å². The Morgan fingerprint density at radius 1 is 1.67 bits per heavy atom.